The summed E-state index contributed by atoms with van der Waals surface area (Å²) in [6.07, 6.45) is -21.6. The van der Waals surface area contributed by atoms with Crippen LogP contribution in [0.15, 0.2) is 11.6 Å². The SMILES string of the molecule is CC1=CC(=O)CC(C)(C)[C@@H]1CC[C@@H](C)O[C@@H]1O[C@H](CO[C@@H]2O[C@H](CO)[C@@H](O)[C@H](O)[C@H]2O[C@@H]2O[C@H](CO)[C@@H](O)[C@H](O)[C@H]2O)[C@@H](O)[C@H](O)[C@H]1O. The Hall–Kier alpha value is -1.23. The van der Waals surface area contributed by atoms with Gasteiger partial charge in [0.1, 0.15) is 73.2 Å². The third kappa shape index (κ3) is 8.62. The minimum atomic E-state index is -1.87. The van der Waals surface area contributed by atoms with Crippen molar-refractivity contribution in [2.24, 2.45) is 11.3 Å². The van der Waals surface area contributed by atoms with Gasteiger partial charge in [-0.05, 0) is 44.1 Å². The first-order valence-electron chi connectivity index (χ1n) is 16.3. The summed E-state index contributed by atoms with van der Waals surface area (Å²) < 4.78 is 34.0. The molecule has 4 rings (SSSR count). The van der Waals surface area contributed by atoms with E-state index in [4.69, 9.17) is 28.4 Å². The Bertz CT molecular complexity index is 1090. The second-order valence-corrected chi connectivity index (χ2v) is 13.9. The first kappa shape index (κ1) is 39.6. The Morgan fingerprint density at radius 1 is 0.771 bits per heavy atom. The van der Waals surface area contributed by atoms with Crippen LogP contribution in [-0.2, 0) is 33.2 Å². The van der Waals surface area contributed by atoms with Crippen molar-refractivity contribution in [3.8, 4) is 0 Å². The Labute approximate surface area is 278 Å². The lowest BCUT2D eigenvalue weighted by Gasteiger charge is -2.46. The molecule has 4 aliphatic rings. The van der Waals surface area contributed by atoms with Crippen molar-refractivity contribution in [3.05, 3.63) is 11.6 Å². The molecule has 48 heavy (non-hydrogen) atoms. The molecule has 17 atom stereocenters. The van der Waals surface area contributed by atoms with Crippen LogP contribution in [0.4, 0.5) is 0 Å². The van der Waals surface area contributed by atoms with E-state index in [1.54, 1.807) is 13.0 Å². The number of rotatable bonds is 12. The van der Waals surface area contributed by atoms with Gasteiger partial charge in [-0.3, -0.25) is 4.79 Å². The van der Waals surface area contributed by atoms with E-state index in [9.17, 15) is 55.9 Å². The predicted molar refractivity (Wildman–Crippen MR) is 159 cm³/mol. The van der Waals surface area contributed by atoms with Crippen LogP contribution in [0.2, 0.25) is 0 Å². The number of ether oxygens (including phenoxy) is 6. The van der Waals surface area contributed by atoms with Gasteiger partial charge in [-0.25, -0.2) is 0 Å². The van der Waals surface area contributed by atoms with Gasteiger partial charge in [0.05, 0.1) is 25.9 Å². The molecule has 0 radical (unpaired) electrons. The van der Waals surface area contributed by atoms with Gasteiger partial charge >= 0.3 is 0 Å². The van der Waals surface area contributed by atoms with Crippen molar-refractivity contribution in [1.29, 1.82) is 0 Å². The average Bonchev–Trinajstić information content (AvgIpc) is 3.02. The van der Waals surface area contributed by atoms with Crippen LogP contribution in [0.25, 0.3) is 0 Å². The number of allylic oxidation sites excluding steroid dienone is 2. The molecule has 0 aromatic heterocycles. The van der Waals surface area contributed by atoms with E-state index in [1.807, 2.05) is 20.8 Å². The fourth-order valence-electron chi connectivity index (χ4n) is 6.94. The van der Waals surface area contributed by atoms with Crippen LogP contribution >= 0.6 is 0 Å². The van der Waals surface area contributed by atoms with Crippen LogP contribution in [-0.4, -0.2) is 175 Å². The first-order chi connectivity index (χ1) is 22.5. The molecule has 10 N–H and O–H groups in total. The van der Waals surface area contributed by atoms with E-state index in [1.165, 1.54) is 0 Å². The van der Waals surface area contributed by atoms with Gasteiger partial charge in [-0.1, -0.05) is 19.4 Å². The Morgan fingerprint density at radius 3 is 1.88 bits per heavy atom. The molecule has 17 heteroatoms. The molecule has 0 unspecified atom stereocenters. The molecule has 3 fully saturated rings. The summed E-state index contributed by atoms with van der Waals surface area (Å²) in [7, 11) is 0. The molecule has 0 spiro atoms. The van der Waals surface area contributed by atoms with Crippen molar-refractivity contribution in [3.63, 3.8) is 0 Å². The van der Waals surface area contributed by atoms with Crippen LogP contribution in [0.1, 0.15) is 47.0 Å². The normalized spacial score (nSPS) is 45.9. The number of ketones is 1. The molecule has 3 aliphatic heterocycles. The van der Waals surface area contributed by atoms with Gasteiger partial charge in [0.15, 0.2) is 24.7 Å². The topological polar surface area (TPSA) is 275 Å². The monoisotopic (exact) mass is 696 g/mol. The van der Waals surface area contributed by atoms with Gasteiger partial charge < -0.3 is 79.5 Å². The highest BCUT2D eigenvalue weighted by Crippen LogP contribution is 2.42. The highest BCUT2D eigenvalue weighted by Gasteiger charge is 2.52. The summed E-state index contributed by atoms with van der Waals surface area (Å²) in [5.74, 6) is 0.206. The molecule has 1 aliphatic carbocycles. The fraction of sp³-hybridized carbons (Fsp3) is 0.903. The Morgan fingerprint density at radius 2 is 1.29 bits per heavy atom. The molecular formula is C31H52O17. The van der Waals surface area contributed by atoms with Gasteiger partial charge in [-0.2, -0.15) is 0 Å². The molecule has 3 heterocycles. The maximum atomic E-state index is 12.1. The quantitative estimate of drug-likeness (QED) is 0.0936. The first-order valence-corrected chi connectivity index (χ1v) is 16.3. The van der Waals surface area contributed by atoms with E-state index >= 15 is 0 Å². The van der Waals surface area contributed by atoms with E-state index in [0.717, 1.165) is 5.57 Å². The zero-order chi connectivity index (χ0) is 35.7. The number of carbonyl (C=O) groups excluding carboxylic acids is 1. The van der Waals surface area contributed by atoms with Crippen molar-refractivity contribution >= 4 is 5.78 Å². The van der Waals surface area contributed by atoms with Crippen LogP contribution < -0.4 is 0 Å². The number of hydrogen-bond acceptors (Lipinski definition) is 17. The van der Waals surface area contributed by atoms with Crippen molar-refractivity contribution in [2.75, 3.05) is 19.8 Å². The van der Waals surface area contributed by atoms with Crippen molar-refractivity contribution in [2.45, 2.75) is 145 Å². The predicted octanol–water partition coefficient (Wildman–Crippen LogP) is -3.82. The summed E-state index contributed by atoms with van der Waals surface area (Å²) in [5, 5.41) is 103. The maximum Gasteiger partial charge on any atom is 0.187 e. The fourth-order valence-corrected chi connectivity index (χ4v) is 6.94. The van der Waals surface area contributed by atoms with Crippen molar-refractivity contribution in [1.82, 2.24) is 0 Å². The van der Waals surface area contributed by atoms with Gasteiger partial charge in [0, 0.05) is 6.42 Å². The smallest absolute Gasteiger partial charge is 0.187 e. The van der Waals surface area contributed by atoms with E-state index in [0.29, 0.717) is 19.3 Å². The third-order valence-corrected chi connectivity index (χ3v) is 9.80. The number of hydrogen-bond donors (Lipinski definition) is 10. The Balaban J connectivity index is 1.41. The molecule has 0 aromatic carbocycles. The lowest BCUT2D eigenvalue weighted by Crippen LogP contribution is -2.65. The van der Waals surface area contributed by atoms with E-state index in [-0.39, 0.29) is 17.1 Å². The molecule has 3 saturated heterocycles. The lowest BCUT2D eigenvalue weighted by molar-refractivity contribution is -0.373. The highest BCUT2D eigenvalue weighted by atomic mass is 16.8. The minimum Gasteiger partial charge on any atom is -0.394 e. The van der Waals surface area contributed by atoms with Gasteiger partial charge in [0.2, 0.25) is 0 Å². The molecule has 0 bridgehead atoms. The van der Waals surface area contributed by atoms with Crippen LogP contribution in [0.5, 0.6) is 0 Å². The largest absolute Gasteiger partial charge is 0.394 e. The van der Waals surface area contributed by atoms with E-state index < -0.39 is 118 Å². The number of carbonyl (C=O) groups is 1. The van der Waals surface area contributed by atoms with E-state index in [2.05, 4.69) is 0 Å². The summed E-state index contributed by atoms with van der Waals surface area (Å²) >= 11 is 0. The minimum absolute atomic E-state index is 0.0838. The zero-order valence-corrected chi connectivity index (χ0v) is 27.5. The summed E-state index contributed by atoms with van der Waals surface area (Å²) in [6, 6.07) is 0. The molecule has 278 valence electrons. The lowest BCUT2D eigenvalue weighted by atomic mass is 9.66. The third-order valence-electron chi connectivity index (χ3n) is 9.80. The van der Waals surface area contributed by atoms with Gasteiger partial charge in [0.25, 0.3) is 0 Å². The second-order valence-electron chi connectivity index (χ2n) is 13.9. The molecular weight excluding hydrogens is 644 g/mol. The molecule has 0 aromatic rings. The van der Waals surface area contributed by atoms with Crippen LogP contribution in [0, 0.1) is 11.3 Å². The summed E-state index contributed by atoms with van der Waals surface area (Å²) in [5.41, 5.74) is 0.733. The standard InChI is InChI=1S/C31H52O17/c1-12-7-14(34)8-31(3,4)15(12)6-5-13(2)44-28-25(41)23(39)21(37)18(47-28)11-43-30-27(24(40)20(36)17(10-33)46-30)48-29-26(42)22(38)19(35)16(9-32)45-29/h7,13,15-30,32-33,35-42H,5-6,8-11H2,1-4H3/t13-,15-,16-,17-,18-,19-,20-,21-,22+,23+,24+,25-,26-,27-,28-,29+,30-/m1/s1. The maximum absolute atomic E-state index is 12.1. The number of aliphatic hydroxyl groups excluding tert-OH is 10. The average molecular weight is 697 g/mol. The Kier molecular flexibility index (Phi) is 13.5. The van der Waals surface area contributed by atoms with Gasteiger partial charge in [-0.15, -0.1) is 0 Å². The second kappa shape index (κ2) is 16.4. The highest BCUT2D eigenvalue weighted by molar-refractivity contribution is 5.91. The van der Waals surface area contributed by atoms with Crippen molar-refractivity contribution < 1.29 is 84.3 Å². The molecule has 0 saturated carbocycles. The summed E-state index contributed by atoms with van der Waals surface area (Å²) in [4.78, 5) is 12.1. The molecule has 0 amide bonds. The zero-order valence-electron chi connectivity index (χ0n) is 27.5. The molecule has 17 nitrogen and oxygen atoms in total. The summed E-state index contributed by atoms with van der Waals surface area (Å²) in [6.45, 7) is 5.68. The van der Waals surface area contributed by atoms with Crippen LogP contribution in [0.3, 0.4) is 0 Å². The number of aliphatic hydroxyl groups is 10.